The van der Waals surface area contributed by atoms with Crippen molar-refractivity contribution in [3.63, 3.8) is 0 Å². The van der Waals surface area contributed by atoms with E-state index < -0.39 is 0 Å². The van der Waals surface area contributed by atoms with Gasteiger partial charge in [0, 0.05) is 18.7 Å². The number of nitriles is 1. The first-order chi connectivity index (χ1) is 5.81. The normalized spacial score (nSPS) is 10.2. The molecular weight excluding hydrogens is 168 g/mol. The van der Waals surface area contributed by atoms with Gasteiger partial charge in [0.05, 0.1) is 6.07 Å². The maximum Gasteiger partial charge on any atom is 0.0621 e. The molecular formula is C9H18N2S. The van der Waals surface area contributed by atoms with E-state index in [1.165, 1.54) is 5.75 Å². The van der Waals surface area contributed by atoms with Gasteiger partial charge < -0.3 is 4.90 Å². The summed E-state index contributed by atoms with van der Waals surface area (Å²) in [6.45, 7) is 2.29. The monoisotopic (exact) mass is 186 g/mol. The highest BCUT2D eigenvalue weighted by molar-refractivity contribution is 7.98. The third-order valence-corrected chi connectivity index (χ3v) is 2.35. The quantitative estimate of drug-likeness (QED) is 0.569. The highest BCUT2D eigenvalue weighted by Crippen LogP contribution is 1.98. The first kappa shape index (κ1) is 11.8. The van der Waals surface area contributed by atoms with Crippen LogP contribution in [0.15, 0.2) is 0 Å². The summed E-state index contributed by atoms with van der Waals surface area (Å²) < 4.78 is 0. The van der Waals surface area contributed by atoms with E-state index in [-0.39, 0.29) is 0 Å². The van der Waals surface area contributed by atoms with Crippen LogP contribution in [0.1, 0.15) is 19.3 Å². The molecule has 0 heterocycles. The molecule has 0 fully saturated rings. The van der Waals surface area contributed by atoms with Crippen molar-refractivity contribution >= 4 is 11.8 Å². The molecule has 70 valence electrons. The van der Waals surface area contributed by atoms with Gasteiger partial charge >= 0.3 is 0 Å². The highest BCUT2D eigenvalue weighted by atomic mass is 32.2. The van der Waals surface area contributed by atoms with Crippen LogP contribution in [0.5, 0.6) is 0 Å². The molecule has 2 nitrogen and oxygen atoms in total. The lowest BCUT2D eigenvalue weighted by Crippen LogP contribution is -2.22. The van der Waals surface area contributed by atoms with Crippen LogP contribution in [0.25, 0.3) is 0 Å². The second kappa shape index (κ2) is 8.89. The number of hydrogen-bond donors (Lipinski definition) is 0. The van der Waals surface area contributed by atoms with Crippen LogP contribution in [0.2, 0.25) is 0 Å². The van der Waals surface area contributed by atoms with E-state index in [4.69, 9.17) is 5.26 Å². The van der Waals surface area contributed by atoms with Gasteiger partial charge in [0.1, 0.15) is 0 Å². The lowest BCUT2D eigenvalue weighted by Gasteiger charge is -2.14. The van der Waals surface area contributed by atoms with E-state index >= 15 is 0 Å². The maximum absolute atomic E-state index is 8.31. The maximum atomic E-state index is 8.31. The minimum atomic E-state index is 0.705. The molecule has 0 aromatic carbocycles. The van der Waals surface area contributed by atoms with Gasteiger partial charge in [-0.25, -0.2) is 0 Å². The van der Waals surface area contributed by atoms with Gasteiger partial charge in [-0.05, 0) is 32.7 Å². The summed E-state index contributed by atoms with van der Waals surface area (Å²) in [6.07, 6.45) is 5.03. The van der Waals surface area contributed by atoms with Crippen LogP contribution in [0.4, 0.5) is 0 Å². The summed E-state index contributed by atoms with van der Waals surface area (Å²) in [5.74, 6) is 1.20. The molecule has 0 saturated heterocycles. The van der Waals surface area contributed by atoms with Gasteiger partial charge in [-0.15, -0.1) is 0 Å². The van der Waals surface area contributed by atoms with Crippen molar-refractivity contribution in [1.29, 1.82) is 5.26 Å². The molecule has 0 amide bonds. The largest absolute Gasteiger partial charge is 0.306 e. The van der Waals surface area contributed by atoms with E-state index in [9.17, 15) is 0 Å². The lowest BCUT2D eigenvalue weighted by molar-refractivity contribution is 0.347. The molecule has 0 unspecified atom stereocenters. The topological polar surface area (TPSA) is 27.0 Å². The molecule has 0 radical (unpaired) electrons. The summed E-state index contributed by atoms with van der Waals surface area (Å²) >= 11 is 1.88. The van der Waals surface area contributed by atoms with E-state index in [1.54, 1.807) is 0 Å². The molecule has 0 aliphatic heterocycles. The molecule has 0 aliphatic carbocycles. The zero-order chi connectivity index (χ0) is 9.23. The molecule has 0 aromatic rings. The smallest absolute Gasteiger partial charge is 0.0621 e. The summed E-state index contributed by atoms with van der Waals surface area (Å²) in [5.41, 5.74) is 0. The average molecular weight is 186 g/mol. The third kappa shape index (κ3) is 7.90. The van der Waals surface area contributed by atoms with Crippen LogP contribution >= 0.6 is 11.8 Å². The Hall–Kier alpha value is -0.200. The van der Waals surface area contributed by atoms with Gasteiger partial charge in [-0.3, -0.25) is 0 Å². The van der Waals surface area contributed by atoms with Crippen molar-refractivity contribution < 1.29 is 0 Å². The summed E-state index contributed by atoms with van der Waals surface area (Å²) in [5, 5.41) is 8.31. The number of rotatable bonds is 7. The predicted molar refractivity (Wildman–Crippen MR) is 55.3 cm³/mol. The molecule has 0 spiro atoms. The Morgan fingerprint density at radius 2 is 2.08 bits per heavy atom. The second-order valence-electron chi connectivity index (χ2n) is 2.91. The fourth-order valence-corrected chi connectivity index (χ4v) is 1.44. The average Bonchev–Trinajstić information content (AvgIpc) is 2.09. The van der Waals surface area contributed by atoms with Crippen molar-refractivity contribution in [3.05, 3.63) is 0 Å². The molecule has 3 heteroatoms. The molecule has 0 atom stereocenters. The van der Waals surface area contributed by atoms with Gasteiger partial charge in [-0.2, -0.15) is 17.0 Å². The number of thioether (sulfide) groups is 1. The Morgan fingerprint density at radius 3 is 2.67 bits per heavy atom. The number of hydrogen-bond acceptors (Lipinski definition) is 3. The molecule has 12 heavy (non-hydrogen) atoms. The van der Waals surface area contributed by atoms with Crippen LogP contribution in [0, 0.1) is 11.3 Å². The van der Waals surface area contributed by atoms with Crippen molar-refractivity contribution in [2.45, 2.75) is 19.3 Å². The second-order valence-corrected chi connectivity index (χ2v) is 3.90. The van der Waals surface area contributed by atoms with Crippen molar-refractivity contribution in [1.82, 2.24) is 4.90 Å². The molecule has 0 bridgehead atoms. The molecule has 0 saturated carbocycles. The van der Waals surface area contributed by atoms with Crippen LogP contribution in [-0.2, 0) is 0 Å². The number of nitrogens with zero attached hydrogens (tertiary/aromatic N) is 2. The molecule has 0 aliphatic rings. The van der Waals surface area contributed by atoms with Crippen molar-refractivity contribution in [3.8, 4) is 6.07 Å². The standard InChI is InChI=1S/C9H18N2S/c1-11(8-9-12-2)7-5-3-4-6-10/h3-5,7-9H2,1-2H3. The third-order valence-electron chi connectivity index (χ3n) is 1.76. The van der Waals surface area contributed by atoms with Gasteiger partial charge in [0.15, 0.2) is 0 Å². The Bertz CT molecular complexity index is 131. The minimum absolute atomic E-state index is 0.705. The summed E-state index contributed by atoms with van der Waals surface area (Å²) in [7, 11) is 2.14. The van der Waals surface area contributed by atoms with Gasteiger partial charge in [0.25, 0.3) is 0 Å². The predicted octanol–water partition coefficient (Wildman–Crippen LogP) is 1.98. The fraction of sp³-hybridized carbons (Fsp3) is 0.889. The lowest BCUT2D eigenvalue weighted by atomic mass is 10.2. The summed E-state index contributed by atoms with van der Waals surface area (Å²) in [6, 6.07) is 2.16. The highest BCUT2D eigenvalue weighted by Gasteiger charge is 1.96. The first-order valence-corrected chi connectivity index (χ1v) is 5.75. The SMILES string of the molecule is CSCCN(C)CCCCC#N. The zero-order valence-corrected chi connectivity index (χ0v) is 8.86. The van der Waals surface area contributed by atoms with Gasteiger partial charge in [0.2, 0.25) is 0 Å². The van der Waals surface area contributed by atoms with Gasteiger partial charge in [-0.1, -0.05) is 0 Å². The Kier molecular flexibility index (Phi) is 8.74. The van der Waals surface area contributed by atoms with Crippen molar-refractivity contribution in [2.24, 2.45) is 0 Å². The number of unbranched alkanes of at least 4 members (excludes halogenated alkanes) is 2. The van der Waals surface area contributed by atoms with Crippen LogP contribution in [0.3, 0.4) is 0 Å². The van der Waals surface area contributed by atoms with E-state index in [1.807, 2.05) is 11.8 Å². The van der Waals surface area contributed by atoms with E-state index in [0.717, 1.165) is 25.9 Å². The first-order valence-electron chi connectivity index (χ1n) is 4.35. The Morgan fingerprint density at radius 1 is 1.33 bits per heavy atom. The summed E-state index contributed by atoms with van der Waals surface area (Å²) in [4.78, 5) is 2.33. The van der Waals surface area contributed by atoms with E-state index in [2.05, 4.69) is 24.3 Å². The Balaban J connectivity index is 3.09. The van der Waals surface area contributed by atoms with Crippen molar-refractivity contribution in [2.75, 3.05) is 32.1 Å². The van der Waals surface area contributed by atoms with Crippen LogP contribution < -0.4 is 0 Å². The van der Waals surface area contributed by atoms with Crippen LogP contribution in [-0.4, -0.2) is 37.0 Å². The molecule has 0 aromatic heterocycles. The fourth-order valence-electron chi connectivity index (χ4n) is 0.945. The Labute approximate surface area is 79.9 Å². The minimum Gasteiger partial charge on any atom is -0.306 e. The zero-order valence-electron chi connectivity index (χ0n) is 8.05. The molecule has 0 rings (SSSR count). The molecule has 0 N–H and O–H groups in total. The van der Waals surface area contributed by atoms with E-state index in [0.29, 0.717) is 6.42 Å².